The maximum Gasteiger partial charge on any atom is 0.243 e. The average Bonchev–Trinajstić information content (AvgIpc) is 3.52. The van der Waals surface area contributed by atoms with E-state index in [1.807, 2.05) is 32.0 Å². The highest BCUT2D eigenvalue weighted by molar-refractivity contribution is 7.99. The highest BCUT2D eigenvalue weighted by Crippen LogP contribution is 2.41. The number of hydrogen-bond donors (Lipinski definition) is 2. The lowest BCUT2D eigenvalue weighted by Gasteiger charge is -2.27. The lowest BCUT2D eigenvalue weighted by molar-refractivity contribution is -0.122. The van der Waals surface area contributed by atoms with E-state index in [1.165, 1.54) is 11.8 Å². The van der Waals surface area contributed by atoms with Crippen molar-refractivity contribution in [3.8, 4) is 0 Å². The minimum atomic E-state index is -0.244. The molecule has 9 nitrogen and oxygen atoms in total. The fourth-order valence-corrected chi connectivity index (χ4v) is 4.38. The molecule has 2 aromatic rings. The Bertz CT molecular complexity index is 932. The Morgan fingerprint density at radius 3 is 2.52 bits per heavy atom. The summed E-state index contributed by atoms with van der Waals surface area (Å²) in [4.78, 5) is 26.8. The highest BCUT2D eigenvalue weighted by atomic mass is 32.2. The largest absolute Gasteiger partial charge is 0.378 e. The quantitative estimate of drug-likeness (QED) is 0.600. The molecule has 4 rings (SSSR count). The Hall–Kier alpha value is -2.59. The Kier molecular flexibility index (Phi) is 6.77. The first-order valence-corrected chi connectivity index (χ1v) is 11.5. The van der Waals surface area contributed by atoms with Crippen LogP contribution in [0.25, 0.3) is 0 Å². The number of thioether (sulfide) groups is 1. The molecule has 1 saturated carbocycles. The summed E-state index contributed by atoms with van der Waals surface area (Å²) in [5.74, 6) is 0.595. The van der Waals surface area contributed by atoms with Gasteiger partial charge in [-0.1, -0.05) is 30.0 Å². The van der Waals surface area contributed by atoms with Crippen molar-refractivity contribution >= 4 is 35.2 Å². The van der Waals surface area contributed by atoms with Crippen molar-refractivity contribution in [2.24, 2.45) is 0 Å². The van der Waals surface area contributed by atoms with Gasteiger partial charge in [0.15, 0.2) is 5.16 Å². The number of ether oxygens (including phenoxy) is 1. The number of hydrogen-bond acceptors (Lipinski definition) is 7. The van der Waals surface area contributed by atoms with Crippen LogP contribution in [0.5, 0.6) is 0 Å². The number of aromatic nitrogens is 3. The molecule has 2 amide bonds. The Morgan fingerprint density at radius 2 is 1.84 bits per heavy atom. The molecule has 10 heteroatoms. The van der Waals surface area contributed by atoms with Crippen LogP contribution in [0.15, 0.2) is 23.4 Å². The Balaban J connectivity index is 1.29. The molecule has 1 aliphatic carbocycles. The third-order valence-corrected chi connectivity index (χ3v) is 6.32. The lowest BCUT2D eigenvalue weighted by atomic mass is 10.1. The second kappa shape index (κ2) is 9.69. The summed E-state index contributed by atoms with van der Waals surface area (Å²) in [6.07, 6.45) is 2.21. The van der Waals surface area contributed by atoms with E-state index in [9.17, 15) is 9.59 Å². The zero-order chi connectivity index (χ0) is 21.8. The predicted octanol–water partition coefficient (Wildman–Crippen LogP) is 1.91. The summed E-state index contributed by atoms with van der Waals surface area (Å²) >= 11 is 1.36. The van der Waals surface area contributed by atoms with Crippen molar-refractivity contribution in [3.05, 3.63) is 29.3 Å². The molecule has 0 bridgehead atoms. The summed E-state index contributed by atoms with van der Waals surface area (Å²) in [6.45, 7) is 6.79. The zero-order valence-electron chi connectivity index (χ0n) is 17.9. The third kappa shape index (κ3) is 5.37. The third-order valence-electron chi connectivity index (χ3n) is 5.38. The number of anilines is 2. The molecular weight excluding hydrogens is 416 g/mol. The summed E-state index contributed by atoms with van der Waals surface area (Å²) < 4.78 is 7.58. The number of amides is 2. The zero-order valence-corrected chi connectivity index (χ0v) is 18.7. The van der Waals surface area contributed by atoms with Gasteiger partial charge in [-0.05, 0) is 37.8 Å². The van der Waals surface area contributed by atoms with Crippen LogP contribution in [0.3, 0.4) is 0 Å². The standard InChI is InChI=1S/C21H28N6O3S/c1-14-4-3-5-15(2)19(14)23-17(28)12-22-18(29)13-31-21-25-24-20(27(21)16-6-7-16)26-8-10-30-11-9-26/h3-5,16H,6-13H2,1-2H3,(H,22,29)(H,23,28). The van der Waals surface area contributed by atoms with Gasteiger partial charge in [0.25, 0.3) is 0 Å². The molecule has 31 heavy (non-hydrogen) atoms. The van der Waals surface area contributed by atoms with Gasteiger partial charge in [0.2, 0.25) is 17.8 Å². The van der Waals surface area contributed by atoms with Crippen molar-refractivity contribution in [2.45, 2.75) is 37.9 Å². The first kappa shape index (κ1) is 21.6. The summed E-state index contributed by atoms with van der Waals surface area (Å²) in [5, 5.41) is 15.0. The fraction of sp³-hybridized carbons (Fsp3) is 0.524. The number of aryl methyl sites for hydroxylation is 2. The molecule has 166 valence electrons. The van der Waals surface area contributed by atoms with E-state index < -0.39 is 0 Å². The maximum absolute atomic E-state index is 12.3. The maximum atomic E-state index is 12.3. The molecule has 2 N–H and O–H groups in total. The van der Waals surface area contributed by atoms with Gasteiger partial charge in [-0.15, -0.1) is 10.2 Å². The first-order valence-electron chi connectivity index (χ1n) is 10.6. The molecule has 0 atom stereocenters. The minimum absolute atomic E-state index is 0.0679. The first-order chi connectivity index (χ1) is 15.0. The van der Waals surface area contributed by atoms with Crippen LogP contribution in [0.4, 0.5) is 11.6 Å². The van der Waals surface area contributed by atoms with Crippen LogP contribution in [-0.4, -0.2) is 65.2 Å². The van der Waals surface area contributed by atoms with E-state index >= 15 is 0 Å². The number of benzene rings is 1. The molecule has 0 radical (unpaired) electrons. The number of nitrogens with zero attached hydrogens (tertiary/aromatic N) is 4. The molecule has 1 saturated heterocycles. The summed E-state index contributed by atoms with van der Waals surface area (Å²) in [5.41, 5.74) is 2.78. The average molecular weight is 445 g/mol. The van der Waals surface area contributed by atoms with Gasteiger partial charge in [0.05, 0.1) is 25.5 Å². The van der Waals surface area contributed by atoms with Crippen LogP contribution in [0, 0.1) is 13.8 Å². The van der Waals surface area contributed by atoms with Crippen molar-refractivity contribution in [3.63, 3.8) is 0 Å². The number of morpholine rings is 1. The number of rotatable bonds is 8. The summed E-state index contributed by atoms with van der Waals surface area (Å²) in [7, 11) is 0. The Labute approximate surface area is 185 Å². The molecule has 1 aromatic carbocycles. The van der Waals surface area contributed by atoms with Crippen LogP contribution in [0.1, 0.15) is 30.0 Å². The van der Waals surface area contributed by atoms with Crippen LogP contribution < -0.4 is 15.5 Å². The van der Waals surface area contributed by atoms with E-state index in [0.29, 0.717) is 19.3 Å². The Morgan fingerprint density at radius 1 is 1.13 bits per heavy atom. The number of para-hydroxylation sites is 1. The number of carbonyl (C=O) groups is 2. The summed E-state index contributed by atoms with van der Waals surface area (Å²) in [6, 6.07) is 6.24. The lowest BCUT2D eigenvalue weighted by Crippen LogP contribution is -2.38. The molecule has 2 aliphatic rings. The van der Waals surface area contributed by atoms with Crippen molar-refractivity contribution in [2.75, 3.05) is 48.8 Å². The number of carbonyl (C=O) groups excluding carboxylic acids is 2. The number of nitrogens with one attached hydrogen (secondary N) is 2. The van der Waals surface area contributed by atoms with Crippen LogP contribution in [-0.2, 0) is 14.3 Å². The fourth-order valence-electron chi connectivity index (χ4n) is 3.55. The van der Waals surface area contributed by atoms with E-state index in [-0.39, 0.29) is 24.1 Å². The van der Waals surface area contributed by atoms with Gasteiger partial charge >= 0.3 is 0 Å². The van der Waals surface area contributed by atoms with E-state index in [2.05, 4.69) is 30.3 Å². The van der Waals surface area contributed by atoms with E-state index in [4.69, 9.17) is 4.74 Å². The topological polar surface area (TPSA) is 101 Å². The van der Waals surface area contributed by atoms with Gasteiger partial charge < -0.3 is 20.3 Å². The molecule has 0 unspecified atom stereocenters. The second-order valence-electron chi connectivity index (χ2n) is 7.86. The molecule has 2 fully saturated rings. The van der Waals surface area contributed by atoms with Gasteiger partial charge in [0, 0.05) is 24.8 Å². The van der Waals surface area contributed by atoms with Crippen molar-refractivity contribution < 1.29 is 14.3 Å². The smallest absolute Gasteiger partial charge is 0.243 e. The van der Waals surface area contributed by atoms with Crippen molar-refractivity contribution in [1.29, 1.82) is 0 Å². The molecular formula is C21H28N6O3S. The van der Waals surface area contributed by atoms with Gasteiger partial charge in [-0.2, -0.15) is 0 Å². The van der Waals surface area contributed by atoms with E-state index in [0.717, 1.165) is 53.9 Å². The molecule has 0 spiro atoms. The van der Waals surface area contributed by atoms with Crippen LogP contribution in [0.2, 0.25) is 0 Å². The normalized spacial score (nSPS) is 16.3. The van der Waals surface area contributed by atoms with Gasteiger partial charge in [0.1, 0.15) is 0 Å². The monoisotopic (exact) mass is 444 g/mol. The van der Waals surface area contributed by atoms with Crippen LogP contribution >= 0.6 is 11.8 Å². The molecule has 2 heterocycles. The second-order valence-corrected chi connectivity index (χ2v) is 8.81. The molecule has 1 aromatic heterocycles. The van der Waals surface area contributed by atoms with Gasteiger partial charge in [-0.3, -0.25) is 14.2 Å². The van der Waals surface area contributed by atoms with Crippen molar-refractivity contribution in [1.82, 2.24) is 20.1 Å². The predicted molar refractivity (Wildman–Crippen MR) is 120 cm³/mol. The van der Waals surface area contributed by atoms with E-state index in [1.54, 1.807) is 0 Å². The SMILES string of the molecule is Cc1cccc(C)c1NC(=O)CNC(=O)CSc1nnc(N2CCOCC2)n1C1CC1. The highest BCUT2D eigenvalue weighted by Gasteiger charge is 2.32. The minimum Gasteiger partial charge on any atom is -0.378 e. The van der Waals surface area contributed by atoms with Gasteiger partial charge in [-0.25, -0.2) is 0 Å². The molecule has 1 aliphatic heterocycles.